The first kappa shape index (κ1) is 19.1. The van der Waals surface area contributed by atoms with Gasteiger partial charge in [0, 0.05) is 30.0 Å². The molecule has 1 atom stereocenters. The Morgan fingerprint density at radius 3 is 2.56 bits per heavy atom. The second-order valence-corrected chi connectivity index (χ2v) is 6.88. The van der Waals surface area contributed by atoms with Crippen LogP contribution in [0.2, 0.25) is 0 Å². The lowest BCUT2D eigenvalue weighted by Gasteiger charge is -2.13. The van der Waals surface area contributed by atoms with Crippen molar-refractivity contribution in [1.29, 1.82) is 0 Å². The van der Waals surface area contributed by atoms with E-state index in [-0.39, 0.29) is 35.3 Å². The first-order valence-corrected chi connectivity index (χ1v) is 8.13. The summed E-state index contributed by atoms with van der Waals surface area (Å²) < 4.78 is 11.6. The maximum Gasteiger partial charge on any atom is 0.217 e. The number of aliphatic hydroxyl groups excluding tert-OH is 1. The summed E-state index contributed by atoms with van der Waals surface area (Å²) in [5, 5.41) is 38.3. The Labute approximate surface area is 146 Å². The molecule has 0 fully saturated rings. The van der Waals surface area contributed by atoms with Gasteiger partial charge in [-0.25, -0.2) is 0 Å². The number of azo groups is 1. The smallest absolute Gasteiger partial charge is 0.217 e. The molecule has 0 saturated heterocycles. The zero-order valence-electron chi connectivity index (χ0n) is 15.3. The Morgan fingerprint density at radius 2 is 2.04 bits per heavy atom. The first-order chi connectivity index (χ1) is 11.6. The van der Waals surface area contributed by atoms with Gasteiger partial charge in [0.15, 0.2) is 0 Å². The van der Waals surface area contributed by atoms with Crippen molar-refractivity contribution in [3.05, 3.63) is 17.5 Å². The lowest BCUT2D eigenvalue weighted by atomic mass is 9.93. The lowest BCUT2D eigenvalue weighted by Crippen LogP contribution is -2.09. The van der Waals surface area contributed by atoms with Crippen LogP contribution in [0, 0.1) is 0 Å². The molecule has 0 aromatic carbocycles. The number of ether oxygens (including phenoxy) is 1. The van der Waals surface area contributed by atoms with E-state index < -0.39 is 12.2 Å². The van der Waals surface area contributed by atoms with E-state index in [9.17, 15) is 10.2 Å². The average molecular weight is 350 g/mol. The van der Waals surface area contributed by atoms with Crippen LogP contribution in [0.4, 0.5) is 11.5 Å². The predicted octanol–water partition coefficient (Wildman–Crippen LogP) is 3.27. The Morgan fingerprint density at radius 1 is 1.36 bits per heavy atom. The van der Waals surface area contributed by atoms with E-state index in [1.165, 1.54) is 4.68 Å². The zero-order valence-corrected chi connectivity index (χ0v) is 15.3. The van der Waals surface area contributed by atoms with Gasteiger partial charge in [-0.05, 0) is 20.8 Å². The molecular formula is C16H24N5O4-. The molecule has 2 heterocycles. The van der Waals surface area contributed by atoms with E-state index in [0.29, 0.717) is 5.76 Å². The van der Waals surface area contributed by atoms with Gasteiger partial charge in [-0.15, -0.1) is 10.2 Å². The minimum absolute atomic E-state index is 0.0313. The molecule has 1 unspecified atom stereocenters. The Hall–Kier alpha value is -2.26. The van der Waals surface area contributed by atoms with Crippen molar-refractivity contribution in [3.63, 3.8) is 0 Å². The van der Waals surface area contributed by atoms with E-state index in [4.69, 9.17) is 9.26 Å². The number of aromatic nitrogens is 3. The topological polar surface area (TPSA) is 121 Å². The van der Waals surface area contributed by atoms with Crippen molar-refractivity contribution in [1.82, 2.24) is 14.9 Å². The van der Waals surface area contributed by atoms with Gasteiger partial charge in [0.05, 0.1) is 0 Å². The molecule has 0 radical (unpaired) electrons. The van der Waals surface area contributed by atoms with Crippen LogP contribution in [-0.4, -0.2) is 26.7 Å². The molecule has 2 rings (SSSR count). The fourth-order valence-electron chi connectivity index (χ4n) is 2.04. The zero-order chi connectivity index (χ0) is 18.8. The summed E-state index contributed by atoms with van der Waals surface area (Å²) in [6, 6.07) is 1.46. The second-order valence-electron chi connectivity index (χ2n) is 6.88. The summed E-state index contributed by atoms with van der Waals surface area (Å²) >= 11 is 0. The third kappa shape index (κ3) is 4.23. The van der Waals surface area contributed by atoms with Crippen molar-refractivity contribution in [2.75, 3.05) is 6.61 Å². The predicted molar refractivity (Wildman–Crippen MR) is 88.0 cm³/mol. The lowest BCUT2D eigenvalue weighted by molar-refractivity contribution is -0.279. The molecule has 0 aliphatic heterocycles. The monoisotopic (exact) mass is 350 g/mol. The van der Waals surface area contributed by atoms with Crippen LogP contribution in [0.1, 0.15) is 65.3 Å². The van der Waals surface area contributed by atoms with E-state index in [1.54, 1.807) is 26.8 Å². The van der Waals surface area contributed by atoms with E-state index in [0.717, 1.165) is 0 Å². The van der Waals surface area contributed by atoms with E-state index in [2.05, 4.69) is 20.5 Å². The Balaban J connectivity index is 2.38. The highest BCUT2D eigenvalue weighted by Gasteiger charge is 2.22. The van der Waals surface area contributed by atoms with Crippen LogP contribution in [0.25, 0.3) is 0 Å². The minimum Gasteiger partial charge on any atom is -0.857 e. The normalized spacial score (nSPS) is 13.9. The third-order valence-electron chi connectivity index (χ3n) is 3.41. The number of aliphatic hydroxyl groups is 1. The highest BCUT2D eigenvalue weighted by molar-refractivity contribution is 5.51. The number of hydrogen-bond acceptors (Lipinski definition) is 8. The molecule has 0 aliphatic rings. The van der Waals surface area contributed by atoms with Gasteiger partial charge in [0.1, 0.15) is 17.1 Å². The number of hydrogen-bond donors (Lipinski definition) is 1. The SMILES string of the molecule is CCOC(O)c1nn(C(C)C)c([O-])c1N=Nc1cc(C(C)(C)C)on1. The quantitative estimate of drug-likeness (QED) is 0.630. The third-order valence-corrected chi connectivity index (χ3v) is 3.41. The molecule has 138 valence electrons. The molecule has 0 spiro atoms. The highest BCUT2D eigenvalue weighted by atomic mass is 16.6. The molecular weight excluding hydrogens is 326 g/mol. The first-order valence-electron chi connectivity index (χ1n) is 8.13. The minimum atomic E-state index is -1.35. The van der Waals surface area contributed by atoms with E-state index >= 15 is 0 Å². The molecule has 1 N–H and O–H groups in total. The molecule has 0 saturated carbocycles. The van der Waals surface area contributed by atoms with Crippen LogP contribution in [0.3, 0.4) is 0 Å². The molecule has 0 aliphatic carbocycles. The fourth-order valence-corrected chi connectivity index (χ4v) is 2.04. The molecule has 9 heteroatoms. The van der Waals surface area contributed by atoms with Gasteiger partial charge in [-0.2, -0.15) is 5.10 Å². The van der Waals surface area contributed by atoms with Gasteiger partial charge in [-0.1, -0.05) is 25.9 Å². The van der Waals surface area contributed by atoms with Crippen LogP contribution in [0.5, 0.6) is 5.88 Å². The summed E-state index contributed by atoms with van der Waals surface area (Å²) in [5.74, 6) is 0.432. The van der Waals surface area contributed by atoms with Crippen LogP contribution in [0.15, 0.2) is 20.8 Å². The number of rotatable bonds is 6. The van der Waals surface area contributed by atoms with Gasteiger partial charge >= 0.3 is 0 Å². The van der Waals surface area contributed by atoms with E-state index in [1.807, 2.05) is 20.8 Å². The standard InChI is InChI=1S/C16H25N5O4/c1-7-24-15(23)13-12(14(22)21(19-13)9(2)3)18-17-11-8-10(25-20-11)16(4,5)6/h8-9,15,22-23H,7H2,1-6H3/p-1. The second kappa shape index (κ2) is 7.32. The highest BCUT2D eigenvalue weighted by Crippen LogP contribution is 2.36. The summed E-state index contributed by atoms with van der Waals surface area (Å²) in [4.78, 5) is 0. The van der Waals surface area contributed by atoms with Crippen LogP contribution in [-0.2, 0) is 10.2 Å². The number of nitrogens with zero attached hydrogens (tertiary/aromatic N) is 5. The molecule has 0 amide bonds. The van der Waals surface area contributed by atoms with Gasteiger partial charge < -0.3 is 19.5 Å². The fraction of sp³-hybridized carbons (Fsp3) is 0.625. The summed E-state index contributed by atoms with van der Waals surface area (Å²) in [6.45, 7) is 11.5. The Bertz CT molecular complexity index is 742. The van der Waals surface area contributed by atoms with Crippen LogP contribution < -0.4 is 5.11 Å². The Kier molecular flexibility index (Phi) is 5.58. The molecule has 0 bridgehead atoms. The molecule has 2 aromatic heterocycles. The van der Waals surface area contributed by atoms with Gasteiger partial charge in [0.2, 0.25) is 12.1 Å². The van der Waals surface area contributed by atoms with Crippen molar-refractivity contribution >= 4 is 11.5 Å². The maximum absolute atomic E-state index is 12.5. The summed E-state index contributed by atoms with van der Waals surface area (Å²) in [7, 11) is 0. The largest absolute Gasteiger partial charge is 0.857 e. The van der Waals surface area contributed by atoms with Crippen molar-refractivity contribution in [3.8, 4) is 5.88 Å². The summed E-state index contributed by atoms with van der Waals surface area (Å²) in [5.41, 5.74) is -0.262. The molecule has 9 nitrogen and oxygen atoms in total. The van der Waals surface area contributed by atoms with Crippen molar-refractivity contribution in [2.45, 2.75) is 59.3 Å². The van der Waals surface area contributed by atoms with Gasteiger partial charge in [-0.3, -0.25) is 4.68 Å². The molecule has 25 heavy (non-hydrogen) atoms. The van der Waals surface area contributed by atoms with Crippen LogP contribution >= 0.6 is 0 Å². The van der Waals surface area contributed by atoms with Crippen molar-refractivity contribution < 1.29 is 19.5 Å². The molecule has 2 aromatic rings. The van der Waals surface area contributed by atoms with Crippen molar-refractivity contribution in [2.24, 2.45) is 10.2 Å². The average Bonchev–Trinajstić information content (AvgIpc) is 3.10. The maximum atomic E-state index is 12.5. The van der Waals surface area contributed by atoms with Gasteiger partial charge in [0.25, 0.3) is 0 Å². The summed E-state index contributed by atoms with van der Waals surface area (Å²) in [6.07, 6.45) is -1.35.